The molecule has 0 spiro atoms. The van der Waals surface area contributed by atoms with E-state index in [1.165, 1.54) is 43.1 Å². The molecule has 0 unspecified atom stereocenters. The van der Waals surface area contributed by atoms with E-state index in [1.54, 1.807) is 0 Å². The highest BCUT2D eigenvalue weighted by Crippen LogP contribution is 2.50. The Morgan fingerprint density at radius 1 is 0.203 bits per heavy atom. The minimum absolute atomic E-state index is 1.10. The van der Waals surface area contributed by atoms with E-state index >= 15 is 0 Å². The zero-order chi connectivity index (χ0) is 42.4. The SMILES string of the molecule is c1ccc(-c2cc3cc(N(c4ccccc4)c4cc5ccccc5c5ccccc45)c(-c4ccccc4)cc3cc2N(c2ccccc2)c2cc3ccccc3c3ccccc23)cc1. The second-order valence-corrected chi connectivity index (χ2v) is 16.5. The molecule has 0 aliphatic rings. The monoisotopic (exact) mass is 814 g/mol. The molecule has 0 radical (unpaired) electrons. The van der Waals surface area contributed by atoms with Gasteiger partial charge in [0.25, 0.3) is 0 Å². The Labute approximate surface area is 373 Å². The summed E-state index contributed by atoms with van der Waals surface area (Å²) in [5, 5.41) is 12.1. The third-order valence-corrected chi connectivity index (χ3v) is 12.7. The molecule has 0 amide bonds. The Balaban J connectivity index is 1.19. The molecule has 0 saturated carbocycles. The van der Waals surface area contributed by atoms with Gasteiger partial charge in [-0.3, -0.25) is 0 Å². The third kappa shape index (κ3) is 6.44. The van der Waals surface area contributed by atoms with Crippen molar-refractivity contribution in [3.05, 3.63) is 255 Å². The number of benzene rings is 12. The fourth-order valence-corrected chi connectivity index (χ4v) is 9.80. The highest BCUT2D eigenvalue weighted by molar-refractivity contribution is 6.17. The number of hydrogen-bond acceptors (Lipinski definition) is 2. The summed E-state index contributed by atoms with van der Waals surface area (Å²) in [6.07, 6.45) is 0. The van der Waals surface area contributed by atoms with Gasteiger partial charge in [-0.15, -0.1) is 0 Å². The van der Waals surface area contributed by atoms with E-state index in [2.05, 4.69) is 265 Å². The molecule has 0 N–H and O–H groups in total. The van der Waals surface area contributed by atoms with Crippen LogP contribution in [0.4, 0.5) is 34.1 Å². The van der Waals surface area contributed by atoms with Crippen LogP contribution < -0.4 is 9.80 Å². The van der Waals surface area contributed by atoms with Crippen molar-refractivity contribution in [3.8, 4) is 22.3 Å². The van der Waals surface area contributed by atoms with Gasteiger partial charge in [0.1, 0.15) is 0 Å². The predicted molar refractivity (Wildman–Crippen MR) is 274 cm³/mol. The highest BCUT2D eigenvalue weighted by atomic mass is 15.2. The third-order valence-electron chi connectivity index (χ3n) is 12.7. The molecule has 12 rings (SSSR count). The van der Waals surface area contributed by atoms with Crippen LogP contribution in [0.1, 0.15) is 0 Å². The van der Waals surface area contributed by atoms with Gasteiger partial charge in [0.15, 0.2) is 0 Å². The summed E-state index contributed by atoms with van der Waals surface area (Å²) >= 11 is 0. The van der Waals surface area contributed by atoms with Crippen molar-refractivity contribution in [1.82, 2.24) is 0 Å². The first-order valence-electron chi connectivity index (χ1n) is 22.0. The minimum atomic E-state index is 1.10. The standard InChI is InChI=1S/C62H42N2/c1-5-21-43(22-6-1)57-37-47-42-62(64(50-29-11-4-12-30-50)60-40-46-26-14-16-32-52(46)54-34-18-20-36-56(54)60)58(44-23-7-2-8-24-44)38-48(47)41-61(57)63(49-27-9-3-10-28-49)59-39-45-25-13-15-31-51(45)53-33-17-19-35-55(53)59/h1-42H. The summed E-state index contributed by atoms with van der Waals surface area (Å²) in [5.74, 6) is 0. The normalized spacial score (nSPS) is 11.4. The molecule has 300 valence electrons. The van der Waals surface area contributed by atoms with Gasteiger partial charge in [0.2, 0.25) is 0 Å². The summed E-state index contributed by atoms with van der Waals surface area (Å²) in [7, 11) is 0. The van der Waals surface area contributed by atoms with Crippen LogP contribution in [0.25, 0.3) is 76.1 Å². The average molecular weight is 815 g/mol. The van der Waals surface area contributed by atoms with E-state index in [1.807, 2.05) is 0 Å². The zero-order valence-corrected chi connectivity index (χ0v) is 35.1. The predicted octanol–water partition coefficient (Wildman–Crippen LogP) is 17.7. The summed E-state index contributed by atoms with van der Waals surface area (Å²) < 4.78 is 0. The van der Waals surface area contributed by atoms with Crippen molar-refractivity contribution in [2.24, 2.45) is 0 Å². The van der Waals surface area contributed by atoms with Crippen LogP contribution in [0.5, 0.6) is 0 Å². The van der Waals surface area contributed by atoms with E-state index in [0.717, 1.165) is 67.2 Å². The lowest BCUT2D eigenvalue weighted by Gasteiger charge is -2.31. The van der Waals surface area contributed by atoms with Gasteiger partial charge in [-0.2, -0.15) is 0 Å². The molecule has 0 bridgehead atoms. The first kappa shape index (κ1) is 37.3. The average Bonchev–Trinajstić information content (AvgIpc) is 3.37. The molecular weight excluding hydrogens is 773 g/mol. The van der Waals surface area contributed by atoms with Crippen molar-refractivity contribution in [3.63, 3.8) is 0 Å². The van der Waals surface area contributed by atoms with Crippen molar-refractivity contribution in [2.75, 3.05) is 9.80 Å². The topological polar surface area (TPSA) is 6.48 Å². The van der Waals surface area contributed by atoms with Crippen LogP contribution >= 0.6 is 0 Å². The molecule has 0 aromatic heterocycles. The number of rotatable bonds is 8. The number of para-hydroxylation sites is 2. The van der Waals surface area contributed by atoms with Gasteiger partial charge in [-0.05, 0) is 115 Å². The van der Waals surface area contributed by atoms with Gasteiger partial charge >= 0.3 is 0 Å². The van der Waals surface area contributed by atoms with Crippen LogP contribution in [-0.4, -0.2) is 0 Å². The largest absolute Gasteiger partial charge is 0.309 e. The summed E-state index contributed by atoms with van der Waals surface area (Å²) in [5.41, 5.74) is 11.3. The number of hydrogen-bond donors (Lipinski definition) is 0. The molecular formula is C62H42N2. The van der Waals surface area contributed by atoms with Crippen LogP contribution in [0, 0.1) is 0 Å². The molecule has 2 heteroatoms. The molecule has 64 heavy (non-hydrogen) atoms. The second kappa shape index (κ2) is 15.8. The Morgan fingerprint density at radius 2 is 0.500 bits per heavy atom. The lowest BCUT2D eigenvalue weighted by molar-refractivity contribution is 1.30. The maximum atomic E-state index is 2.48. The van der Waals surface area contributed by atoms with Crippen LogP contribution in [-0.2, 0) is 0 Å². The molecule has 12 aromatic carbocycles. The molecule has 0 saturated heterocycles. The van der Waals surface area contributed by atoms with Gasteiger partial charge in [-0.25, -0.2) is 0 Å². The summed E-state index contributed by atoms with van der Waals surface area (Å²) in [4.78, 5) is 4.95. The fraction of sp³-hybridized carbons (Fsp3) is 0. The Kier molecular flexibility index (Phi) is 9.20. The summed E-state index contributed by atoms with van der Waals surface area (Å²) in [6.45, 7) is 0. The Morgan fingerprint density at radius 3 is 0.891 bits per heavy atom. The van der Waals surface area contributed by atoms with E-state index in [4.69, 9.17) is 0 Å². The maximum absolute atomic E-state index is 2.48. The van der Waals surface area contributed by atoms with Crippen LogP contribution in [0.2, 0.25) is 0 Å². The molecule has 0 heterocycles. The second-order valence-electron chi connectivity index (χ2n) is 16.5. The molecule has 2 nitrogen and oxygen atoms in total. The molecule has 0 atom stereocenters. The molecule has 0 aliphatic carbocycles. The smallest absolute Gasteiger partial charge is 0.0546 e. The first-order valence-corrected chi connectivity index (χ1v) is 22.0. The maximum Gasteiger partial charge on any atom is 0.0546 e. The molecule has 0 aliphatic heterocycles. The van der Waals surface area contributed by atoms with Gasteiger partial charge in [0, 0.05) is 33.3 Å². The van der Waals surface area contributed by atoms with E-state index in [-0.39, 0.29) is 0 Å². The van der Waals surface area contributed by atoms with Gasteiger partial charge in [-0.1, -0.05) is 194 Å². The Bertz CT molecular complexity index is 3410. The van der Waals surface area contributed by atoms with E-state index in [0.29, 0.717) is 0 Å². The lowest BCUT2D eigenvalue weighted by atomic mass is 9.92. The first-order chi connectivity index (χ1) is 31.8. The van der Waals surface area contributed by atoms with E-state index < -0.39 is 0 Å². The van der Waals surface area contributed by atoms with Crippen molar-refractivity contribution in [1.29, 1.82) is 0 Å². The quantitative estimate of drug-likeness (QED) is 0.141. The molecule has 12 aromatic rings. The van der Waals surface area contributed by atoms with Crippen molar-refractivity contribution < 1.29 is 0 Å². The van der Waals surface area contributed by atoms with Gasteiger partial charge < -0.3 is 9.80 Å². The van der Waals surface area contributed by atoms with Crippen molar-refractivity contribution in [2.45, 2.75) is 0 Å². The van der Waals surface area contributed by atoms with Gasteiger partial charge in [0.05, 0.1) is 22.7 Å². The number of anilines is 6. The van der Waals surface area contributed by atoms with Crippen molar-refractivity contribution >= 4 is 88.0 Å². The van der Waals surface area contributed by atoms with Crippen LogP contribution in [0.3, 0.4) is 0 Å². The number of nitrogens with zero attached hydrogens (tertiary/aromatic N) is 2. The molecule has 0 fully saturated rings. The Hall–Kier alpha value is -8.46. The zero-order valence-electron chi connectivity index (χ0n) is 35.1. The highest BCUT2D eigenvalue weighted by Gasteiger charge is 2.25. The fourth-order valence-electron chi connectivity index (χ4n) is 9.80. The summed E-state index contributed by atoms with van der Waals surface area (Å²) in [6, 6.07) is 93.0. The minimum Gasteiger partial charge on any atom is -0.309 e. The van der Waals surface area contributed by atoms with Crippen LogP contribution in [0.15, 0.2) is 255 Å². The number of fused-ring (bicyclic) bond motifs is 7. The van der Waals surface area contributed by atoms with E-state index in [9.17, 15) is 0 Å². The lowest BCUT2D eigenvalue weighted by Crippen LogP contribution is -2.13.